The van der Waals surface area contributed by atoms with Crippen molar-refractivity contribution in [2.24, 2.45) is 5.73 Å². The maximum Gasteiger partial charge on any atom is 0.335 e. The summed E-state index contributed by atoms with van der Waals surface area (Å²) in [5, 5.41) is 18.9. The largest absolute Gasteiger partial charge is 0.489 e. The number of aromatic nitrogens is 1. The van der Waals surface area contributed by atoms with Gasteiger partial charge in [-0.25, -0.2) is 4.79 Å². The van der Waals surface area contributed by atoms with Crippen LogP contribution < -0.4 is 10.5 Å². The third-order valence-electron chi connectivity index (χ3n) is 4.08. The molecule has 0 aliphatic rings. The number of hydrogen-bond acceptors (Lipinski definition) is 4. The number of H-pyrrole nitrogens is 1. The number of fused-ring (bicyclic) bond motifs is 1. The maximum atomic E-state index is 11.0. The fourth-order valence-electron chi connectivity index (χ4n) is 2.70. The number of carboxylic acids is 2. The maximum absolute atomic E-state index is 11.0. The molecule has 0 bridgehead atoms. The quantitative estimate of drug-likeness (QED) is 0.516. The van der Waals surface area contributed by atoms with Crippen LogP contribution in [-0.2, 0) is 17.8 Å². The molecule has 1 unspecified atom stereocenters. The van der Waals surface area contributed by atoms with Gasteiger partial charge in [-0.1, -0.05) is 12.1 Å². The Labute approximate surface area is 149 Å². The lowest BCUT2D eigenvalue weighted by molar-refractivity contribution is -0.138. The average Bonchev–Trinajstić information content (AvgIpc) is 3.02. The summed E-state index contributed by atoms with van der Waals surface area (Å²) in [5.41, 5.74) is 8.22. The predicted octanol–water partition coefficient (Wildman–Crippen LogP) is 2.40. The first-order chi connectivity index (χ1) is 12.4. The van der Waals surface area contributed by atoms with Crippen LogP contribution in [0.3, 0.4) is 0 Å². The highest BCUT2D eigenvalue weighted by Crippen LogP contribution is 2.25. The van der Waals surface area contributed by atoms with E-state index < -0.39 is 18.0 Å². The Bertz CT molecular complexity index is 963. The van der Waals surface area contributed by atoms with E-state index in [1.54, 1.807) is 30.5 Å². The summed E-state index contributed by atoms with van der Waals surface area (Å²) < 4.78 is 5.76. The van der Waals surface area contributed by atoms with Crippen LogP contribution in [0.25, 0.3) is 10.9 Å². The van der Waals surface area contributed by atoms with Crippen LogP contribution in [0.4, 0.5) is 0 Å². The molecule has 0 radical (unpaired) electrons. The van der Waals surface area contributed by atoms with Crippen molar-refractivity contribution in [3.63, 3.8) is 0 Å². The zero-order chi connectivity index (χ0) is 18.7. The number of aromatic amines is 1. The van der Waals surface area contributed by atoms with Gasteiger partial charge in [0.05, 0.1) is 5.56 Å². The Kier molecular flexibility index (Phi) is 4.90. The summed E-state index contributed by atoms with van der Waals surface area (Å²) >= 11 is 0. The van der Waals surface area contributed by atoms with E-state index in [2.05, 4.69) is 4.98 Å². The lowest BCUT2D eigenvalue weighted by Gasteiger charge is -2.08. The minimum atomic E-state index is -1.05. The molecule has 0 saturated carbocycles. The highest BCUT2D eigenvalue weighted by Gasteiger charge is 2.15. The SMILES string of the molecule is NC(Cc1c[nH]c2ccc(OCc3cccc(C(=O)O)c3)cc12)C(=O)O. The number of ether oxygens (including phenoxy) is 1. The van der Waals surface area contributed by atoms with E-state index in [0.29, 0.717) is 5.75 Å². The Balaban J connectivity index is 1.77. The molecular weight excluding hydrogens is 336 g/mol. The van der Waals surface area contributed by atoms with Crippen LogP contribution in [0.5, 0.6) is 5.75 Å². The highest BCUT2D eigenvalue weighted by atomic mass is 16.5. The number of nitrogens with two attached hydrogens (primary N) is 1. The van der Waals surface area contributed by atoms with Crippen molar-refractivity contribution < 1.29 is 24.5 Å². The number of benzene rings is 2. The van der Waals surface area contributed by atoms with E-state index in [4.69, 9.17) is 20.7 Å². The van der Waals surface area contributed by atoms with Crippen molar-refractivity contribution in [3.05, 3.63) is 65.4 Å². The lowest BCUT2D eigenvalue weighted by atomic mass is 10.1. The van der Waals surface area contributed by atoms with Gasteiger partial charge >= 0.3 is 11.9 Å². The van der Waals surface area contributed by atoms with Crippen LogP contribution >= 0.6 is 0 Å². The third kappa shape index (κ3) is 3.84. The summed E-state index contributed by atoms with van der Waals surface area (Å²) in [4.78, 5) is 25.1. The van der Waals surface area contributed by atoms with Crippen LogP contribution in [0.2, 0.25) is 0 Å². The van der Waals surface area contributed by atoms with Gasteiger partial charge in [0.25, 0.3) is 0 Å². The Morgan fingerprint density at radius 2 is 1.96 bits per heavy atom. The number of carbonyl (C=O) groups is 2. The topological polar surface area (TPSA) is 126 Å². The molecule has 7 nitrogen and oxygen atoms in total. The minimum Gasteiger partial charge on any atom is -0.489 e. The van der Waals surface area contributed by atoms with Crippen LogP contribution in [0.15, 0.2) is 48.7 Å². The molecule has 5 N–H and O–H groups in total. The van der Waals surface area contributed by atoms with Crippen LogP contribution in [-0.4, -0.2) is 33.2 Å². The van der Waals surface area contributed by atoms with Gasteiger partial charge in [-0.15, -0.1) is 0 Å². The molecular formula is C19H18N2O5. The summed E-state index contributed by atoms with van der Waals surface area (Å²) in [6, 6.07) is 11.0. The molecule has 0 aliphatic heterocycles. The summed E-state index contributed by atoms with van der Waals surface area (Å²) in [6.45, 7) is 0.223. The predicted molar refractivity (Wildman–Crippen MR) is 95.3 cm³/mol. The van der Waals surface area contributed by atoms with E-state index in [0.717, 1.165) is 22.0 Å². The van der Waals surface area contributed by atoms with Gasteiger partial charge in [-0.2, -0.15) is 0 Å². The molecule has 3 rings (SSSR count). The number of aliphatic carboxylic acids is 1. The molecule has 0 aliphatic carbocycles. The van der Waals surface area contributed by atoms with Crippen LogP contribution in [0.1, 0.15) is 21.5 Å². The first-order valence-electron chi connectivity index (χ1n) is 7.97. The number of hydrogen-bond donors (Lipinski definition) is 4. The van der Waals surface area contributed by atoms with Gasteiger partial charge in [0.15, 0.2) is 0 Å². The standard InChI is InChI=1S/C19H18N2O5/c20-16(19(24)25)7-13-9-21-17-5-4-14(8-15(13)17)26-10-11-2-1-3-12(6-11)18(22)23/h1-6,8-9,16,21H,7,10,20H2,(H,22,23)(H,24,25). The second-order valence-electron chi connectivity index (χ2n) is 5.96. The molecule has 1 heterocycles. The Hall–Kier alpha value is -3.32. The van der Waals surface area contributed by atoms with Gasteiger partial charge in [-0.05, 0) is 41.5 Å². The van der Waals surface area contributed by atoms with Crippen molar-refractivity contribution in [2.75, 3.05) is 0 Å². The average molecular weight is 354 g/mol. The van der Waals surface area contributed by atoms with Gasteiger partial charge in [0.1, 0.15) is 18.4 Å². The monoisotopic (exact) mass is 354 g/mol. The first kappa shape index (κ1) is 17.5. The van der Waals surface area contributed by atoms with E-state index >= 15 is 0 Å². The normalized spacial score (nSPS) is 12.0. The second kappa shape index (κ2) is 7.28. The molecule has 0 fully saturated rings. The lowest BCUT2D eigenvalue weighted by Crippen LogP contribution is -2.32. The number of nitrogens with one attached hydrogen (secondary N) is 1. The van der Waals surface area contributed by atoms with Crippen molar-refractivity contribution in [1.29, 1.82) is 0 Å². The molecule has 1 atom stereocenters. The molecule has 1 aromatic heterocycles. The molecule has 0 amide bonds. The fraction of sp³-hybridized carbons (Fsp3) is 0.158. The molecule has 2 aromatic carbocycles. The van der Waals surface area contributed by atoms with E-state index in [9.17, 15) is 9.59 Å². The number of rotatable bonds is 7. The number of aromatic carboxylic acids is 1. The fourth-order valence-corrected chi connectivity index (χ4v) is 2.70. The molecule has 7 heteroatoms. The minimum absolute atomic E-state index is 0.206. The van der Waals surface area contributed by atoms with Crippen molar-refractivity contribution in [3.8, 4) is 5.75 Å². The summed E-state index contributed by atoms with van der Waals surface area (Å²) in [6.07, 6.45) is 1.95. The molecule has 26 heavy (non-hydrogen) atoms. The van der Waals surface area contributed by atoms with Gasteiger partial charge in [0.2, 0.25) is 0 Å². The summed E-state index contributed by atoms with van der Waals surface area (Å²) in [5.74, 6) is -1.44. The molecule has 0 spiro atoms. The van der Waals surface area contributed by atoms with Gasteiger partial charge < -0.3 is 25.7 Å². The second-order valence-corrected chi connectivity index (χ2v) is 5.96. The smallest absolute Gasteiger partial charge is 0.335 e. The van der Waals surface area contributed by atoms with Crippen molar-refractivity contribution >= 4 is 22.8 Å². The van der Waals surface area contributed by atoms with E-state index in [1.165, 1.54) is 6.07 Å². The Morgan fingerprint density at radius 3 is 2.69 bits per heavy atom. The van der Waals surface area contributed by atoms with Crippen LogP contribution in [0, 0.1) is 0 Å². The van der Waals surface area contributed by atoms with E-state index in [1.807, 2.05) is 12.1 Å². The Morgan fingerprint density at radius 1 is 1.15 bits per heavy atom. The van der Waals surface area contributed by atoms with Gasteiger partial charge in [-0.3, -0.25) is 4.79 Å². The highest BCUT2D eigenvalue weighted by molar-refractivity contribution is 5.87. The molecule has 0 saturated heterocycles. The molecule has 3 aromatic rings. The third-order valence-corrected chi connectivity index (χ3v) is 4.08. The van der Waals surface area contributed by atoms with Gasteiger partial charge in [0, 0.05) is 23.5 Å². The first-order valence-corrected chi connectivity index (χ1v) is 7.97. The zero-order valence-corrected chi connectivity index (χ0v) is 13.8. The summed E-state index contributed by atoms with van der Waals surface area (Å²) in [7, 11) is 0. The zero-order valence-electron chi connectivity index (χ0n) is 13.8. The van der Waals surface area contributed by atoms with Crippen molar-refractivity contribution in [2.45, 2.75) is 19.1 Å². The number of carboxylic acid groups (broad SMARTS) is 2. The van der Waals surface area contributed by atoms with E-state index in [-0.39, 0.29) is 18.6 Å². The molecule has 134 valence electrons. The van der Waals surface area contributed by atoms with Crippen molar-refractivity contribution in [1.82, 2.24) is 4.98 Å².